The average Bonchev–Trinajstić information content (AvgIpc) is 2.87. The average molecular weight is 240 g/mol. The van der Waals surface area contributed by atoms with Gasteiger partial charge in [-0.15, -0.1) is 0 Å². The molecule has 3 heteroatoms. The third kappa shape index (κ3) is 2.67. The number of rotatable bonds is 5. The predicted octanol–water partition coefficient (Wildman–Crippen LogP) is 2.02. The quantitative estimate of drug-likeness (QED) is 0.795. The van der Waals surface area contributed by atoms with Gasteiger partial charge in [-0.3, -0.25) is 4.90 Å². The van der Waals surface area contributed by atoms with E-state index < -0.39 is 0 Å². The predicted molar refractivity (Wildman–Crippen MR) is 71.3 cm³/mol. The Morgan fingerprint density at radius 2 is 1.82 bits per heavy atom. The maximum Gasteiger partial charge on any atom is 0.0594 e. The van der Waals surface area contributed by atoms with Gasteiger partial charge >= 0.3 is 0 Å². The number of ether oxygens (including phenoxy) is 1. The second kappa shape index (κ2) is 6.17. The first-order chi connectivity index (χ1) is 8.33. The van der Waals surface area contributed by atoms with Crippen molar-refractivity contribution in [1.82, 2.24) is 10.2 Å². The second-order valence-corrected chi connectivity index (χ2v) is 5.43. The lowest BCUT2D eigenvalue weighted by Gasteiger charge is -2.48. The van der Waals surface area contributed by atoms with Crippen LogP contribution in [0.3, 0.4) is 0 Å². The third-order valence-corrected chi connectivity index (χ3v) is 4.62. The summed E-state index contributed by atoms with van der Waals surface area (Å²) in [5.41, 5.74) is 0.425. The summed E-state index contributed by atoms with van der Waals surface area (Å²) in [5.74, 6) is 0. The van der Waals surface area contributed by atoms with E-state index in [1.807, 2.05) is 0 Å². The van der Waals surface area contributed by atoms with Gasteiger partial charge in [0.05, 0.1) is 13.2 Å². The molecule has 1 N–H and O–H groups in total. The summed E-state index contributed by atoms with van der Waals surface area (Å²) in [7, 11) is 0. The molecule has 0 amide bonds. The highest BCUT2D eigenvalue weighted by Crippen LogP contribution is 2.39. The Kier molecular flexibility index (Phi) is 4.83. The van der Waals surface area contributed by atoms with E-state index in [2.05, 4.69) is 24.1 Å². The number of nitrogens with zero attached hydrogens (tertiary/aromatic N) is 1. The summed E-state index contributed by atoms with van der Waals surface area (Å²) in [5, 5.41) is 3.73. The minimum atomic E-state index is 0.425. The summed E-state index contributed by atoms with van der Waals surface area (Å²) >= 11 is 0. The fourth-order valence-corrected chi connectivity index (χ4v) is 3.84. The standard InChI is InChI=1S/C14H28N2O/c1-3-13(15-4-2)14(7-5-6-8-14)16-9-11-17-12-10-16/h13,15H,3-12H2,1-2H3. The molecular formula is C14H28N2O. The maximum absolute atomic E-state index is 5.52. The fourth-order valence-electron chi connectivity index (χ4n) is 3.84. The van der Waals surface area contributed by atoms with Gasteiger partial charge in [-0.25, -0.2) is 0 Å². The van der Waals surface area contributed by atoms with Crippen LogP contribution in [0.25, 0.3) is 0 Å². The SMILES string of the molecule is CCNC(CC)C1(N2CCOCC2)CCCC1. The van der Waals surface area contributed by atoms with E-state index >= 15 is 0 Å². The molecule has 1 saturated carbocycles. The molecule has 0 aromatic heterocycles. The van der Waals surface area contributed by atoms with Crippen LogP contribution in [-0.2, 0) is 4.74 Å². The topological polar surface area (TPSA) is 24.5 Å². The molecular weight excluding hydrogens is 212 g/mol. The Labute approximate surface area is 106 Å². The zero-order valence-electron chi connectivity index (χ0n) is 11.5. The summed E-state index contributed by atoms with van der Waals surface area (Å²) in [6, 6.07) is 0.660. The van der Waals surface area contributed by atoms with Crippen LogP contribution in [0, 0.1) is 0 Å². The molecule has 0 aromatic carbocycles. The lowest BCUT2D eigenvalue weighted by molar-refractivity contribution is -0.0360. The highest BCUT2D eigenvalue weighted by atomic mass is 16.5. The molecule has 2 fully saturated rings. The van der Waals surface area contributed by atoms with Crippen LogP contribution >= 0.6 is 0 Å². The molecule has 0 aromatic rings. The van der Waals surface area contributed by atoms with E-state index in [4.69, 9.17) is 4.74 Å². The summed E-state index contributed by atoms with van der Waals surface area (Å²) in [6.45, 7) is 9.74. The summed E-state index contributed by atoms with van der Waals surface area (Å²) < 4.78 is 5.52. The van der Waals surface area contributed by atoms with Gasteiger partial charge < -0.3 is 10.1 Å². The number of hydrogen-bond donors (Lipinski definition) is 1. The van der Waals surface area contributed by atoms with Crippen LogP contribution in [0.5, 0.6) is 0 Å². The molecule has 100 valence electrons. The van der Waals surface area contributed by atoms with Gasteiger partial charge in [-0.05, 0) is 25.8 Å². The molecule has 1 heterocycles. The number of hydrogen-bond acceptors (Lipinski definition) is 3. The van der Waals surface area contributed by atoms with Crippen LogP contribution in [0.15, 0.2) is 0 Å². The highest BCUT2D eigenvalue weighted by Gasteiger charge is 2.45. The minimum Gasteiger partial charge on any atom is -0.379 e. The van der Waals surface area contributed by atoms with Gasteiger partial charge in [0.15, 0.2) is 0 Å². The largest absolute Gasteiger partial charge is 0.379 e. The lowest BCUT2D eigenvalue weighted by atomic mass is 9.84. The zero-order valence-corrected chi connectivity index (χ0v) is 11.5. The molecule has 2 aliphatic rings. The van der Waals surface area contributed by atoms with Gasteiger partial charge in [-0.2, -0.15) is 0 Å². The van der Waals surface area contributed by atoms with Gasteiger partial charge in [0.2, 0.25) is 0 Å². The maximum atomic E-state index is 5.52. The van der Waals surface area contributed by atoms with Crippen molar-refractivity contribution in [1.29, 1.82) is 0 Å². The Hall–Kier alpha value is -0.120. The Morgan fingerprint density at radius 3 is 2.35 bits per heavy atom. The fraction of sp³-hybridized carbons (Fsp3) is 1.00. The van der Waals surface area contributed by atoms with E-state index in [0.29, 0.717) is 11.6 Å². The van der Waals surface area contributed by atoms with Crippen molar-refractivity contribution in [3.8, 4) is 0 Å². The monoisotopic (exact) mass is 240 g/mol. The minimum absolute atomic E-state index is 0.425. The zero-order chi connectivity index (χ0) is 12.1. The van der Waals surface area contributed by atoms with Gasteiger partial charge in [-0.1, -0.05) is 26.7 Å². The number of nitrogens with one attached hydrogen (secondary N) is 1. The normalized spacial score (nSPS) is 27.2. The molecule has 0 radical (unpaired) electrons. The van der Waals surface area contributed by atoms with Crippen molar-refractivity contribution in [3.05, 3.63) is 0 Å². The Morgan fingerprint density at radius 1 is 1.18 bits per heavy atom. The Bertz CT molecular complexity index is 214. The van der Waals surface area contributed by atoms with Gasteiger partial charge in [0.1, 0.15) is 0 Å². The van der Waals surface area contributed by atoms with Crippen LogP contribution in [0.4, 0.5) is 0 Å². The lowest BCUT2D eigenvalue weighted by Crippen LogP contribution is -2.62. The molecule has 0 bridgehead atoms. The van der Waals surface area contributed by atoms with Crippen LogP contribution in [-0.4, -0.2) is 49.3 Å². The van der Waals surface area contributed by atoms with Crippen molar-refractivity contribution < 1.29 is 4.74 Å². The van der Waals surface area contributed by atoms with Crippen molar-refractivity contribution in [2.75, 3.05) is 32.8 Å². The first-order valence-electron chi connectivity index (χ1n) is 7.39. The first kappa shape index (κ1) is 13.3. The first-order valence-corrected chi connectivity index (χ1v) is 7.39. The van der Waals surface area contributed by atoms with E-state index in [1.54, 1.807) is 0 Å². The van der Waals surface area contributed by atoms with Gasteiger partial charge in [0.25, 0.3) is 0 Å². The molecule has 1 unspecified atom stereocenters. The van der Waals surface area contributed by atoms with Crippen LogP contribution < -0.4 is 5.32 Å². The molecule has 1 aliphatic heterocycles. The van der Waals surface area contributed by atoms with E-state index in [9.17, 15) is 0 Å². The number of morpholine rings is 1. The second-order valence-electron chi connectivity index (χ2n) is 5.43. The molecule has 1 aliphatic carbocycles. The third-order valence-electron chi connectivity index (χ3n) is 4.62. The van der Waals surface area contributed by atoms with E-state index in [-0.39, 0.29) is 0 Å². The Balaban J connectivity index is 2.11. The van der Waals surface area contributed by atoms with Crippen molar-refractivity contribution in [2.45, 2.75) is 57.5 Å². The van der Waals surface area contributed by atoms with E-state index in [0.717, 1.165) is 32.8 Å². The molecule has 0 spiro atoms. The molecule has 3 nitrogen and oxygen atoms in total. The smallest absolute Gasteiger partial charge is 0.0594 e. The van der Waals surface area contributed by atoms with Crippen LogP contribution in [0.1, 0.15) is 46.0 Å². The summed E-state index contributed by atoms with van der Waals surface area (Å²) in [6.07, 6.45) is 6.79. The molecule has 1 atom stereocenters. The highest BCUT2D eigenvalue weighted by molar-refractivity contribution is 5.03. The molecule has 17 heavy (non-hydrogen) atoms. The van der Waals surface area contributed by atoms with Crippen molar-refractivity contribution in [3.63, 3.8) is 0 Å². The van der Waals surface area contributed by atoms with E-state index in [1.165, 1.54) is 32.1 Å². The molecule has 1 saturated heterocycles. The van der Waals surface area contributed by atoms with Gasteiger partial charge in [0, 0.05) is 24.7 Å². The van der Waals surface area contributed by atoms with Crippen molar-refractivity contribution >= 4 is 0 Å². The molecule has 2 rings (SSSR count). The van der Waals surface area contributed by atoms with Crippen molar-refractivity contribution in [2.24, 2.45) is 0 Å². The summed E-state index contributed by atoms with van der Waals surface area (Å²) in [4.78, 5) is 2.72. The van der Waals surface area contributed by atoms with Crippen LogP contribution in [0.2, 0.25) is 0 Å². The number of likely N-dealkylation sites (N-methyl/N-ethyl adjacent to an activating group) is 1.